The normalized spacial score (nSPS) is 11.1. The number of anilines is 1. The lowest BCUT2D eigenvalue weighted by Crippen LogP contribution is -2.41. The second kappa shape index (κ2) is 7.42. The quantitative estimate of drug-likeness (QED) is 0.616. The van der Waals surface area contributed by atoms with Gasteiger partial charge in [-0.05, 0) is 31.5 Å². The number of hydrogen-bond donors (Lipinski definition) is 2. The predicted octanol–water partition coefficient (Wildman–Crippen LogP) is 3.71. The number of carbonyl (C=O) groups excluding carboxylic acids is 1. The Morgan fingerprint density at radius 3 is 2.50 bits per heavy atom. The summed E-state index contributed by atoms with van der Waals surface area (Å²) in [6, 6.07) is 13.8. The van der Waals surface area contributed by atoms with Crippen molar-refractivity contribution in [3.05, 3.63) is 69.2 Å². The van der Waals surface area contributed by atoms with E-state index in [1.165, 1.54) is 18.2 Å². The average molecular weight is 348 g/mol. The summed E-state index contributed by atoms with van der Waals surface area (Å²) >= 11 is 5.76. The maximum Gasteiger partial charge on any atom is 0.294 e. The zero-order valence-corrected chi connectivity index (χ0v) is 14.1. The third-order valence-electron chi connectivity index (χ3n) is 3.62. The number of carbonyl (C=O) groups is 1. The molecular formula is C17H18ClN3O3. The van der Waals surface area contributed by atoms with Gasteiger partial charge in [0, 0.05) is 16.6 Å². The van der Waals surface area contributed by atoms with Crippen molar-refractivity contribution in [2.45, 2.75) is 19.4 Å². The van der Waals surface area contributed by atoms with Gasteiger partial charge in [-0.25, -0.2) is 0 Å². The van der Waals surface area contributed by atoms with Crippen molar-refractivity contribution >= 4 is 28.9 Å². The smallest absolute Gasteiger partial charge is 0.294 e. The zero-order valence-electron chi connectivity index (χ0n) is 13.4. The Kier molecular flexibility index (Phi) is 5.54. The summed E-state index contributed by atoms with van der Waals surface area (Å²) in [4.78, 5) is 22.6. The van der Waals surface area contributed by atoms with Crippen molar-refractivity contribution in [3.8, 4) is 0 Å². The van der Waals surface area contributed by atoms with Crippen molar-refractivity contribution in [1.29, 1.82) is 0 Å². The molecule has 0 aromatic heterocycles. The molecule has 0 spiro atoms. The molecule has 6 nitrogen and oxygen atoms in total. The molecule has 7 heteroatoms. The van der Waals surface area contributed by atoms with Gasteiger partial charge in [-0.1, -0.05) is 41.9 Å². The highest BCUT2D eigenvalue weighted by Gasteiger charge is 2.21. The first kappa shape index (κ1) is 17.9. The third kappa shape index (κ3) is 4.53. The molecule has 0 radical (unpaired) electrons. The SMILES string of the molecule is CC(C)(NCC(=O)Nc1ccc(Cl)cc1[N+](=O)[O-])c1ccccc1. The molecule has 0 unspecified atom stereocenters. The maximum atomic E-state index is 12.1. The van der Waals surface area contributed by atoms with Crippen LogP contribution in [-0.2, 0) is 10.3 Å². The summed E-state index contributed by atoms with van der Waals surface area (Å²) < 4.78 is 0. The van der Waals surface area contributed by atoms with E-state index in [-0.39, 0.29) is 28.8 Å². The van der Waals surface area contributed by atoms with E-state index < -0.39 is 10.5 Å². The summed E-state index contributed by atoms with van der Waals surface area (Å²) in [7, 11) is 0. The monoisotopic (exact) mass is 347 g/mol. The van der Waals surface area contributed by atoms with E-state index in [0.717, 1.165) is 5.56 Å². The average Bonchev–Trinajstić information content (AvgIpc) is 2.55. The lowest BCUT2D eigenvalue weighted by atomic mass is 9.94. The van der Waals surface area contributed by atoms with Crippen LogP contribution in [0.25, 0.3) is 0 Å². The molecule has 2 aromatic carbocycles. The summed E-state index contributed by atoms with van der Waals surface area (Å²) in [6.07, 6.45) is 0. The summed E-state index contributed by atoms with van der Waals surface area (Å²) in [5, 5.41) is 17.0. The van der Waals surface area contributed by atoms with E-state index >= 15 is 0 Å². The van der Waals surface area contributed by atoms with Crippen LogP contribution < -0.4 is 10.6 Å². The second-order valence-electron chi connectivity index (χ2n) is 5.81. The number of rotatable bonds is 6. The minimum Gasteiger partial charge on any atom is -0.319 e. The van der Waals surface area contributed by atoms with Gasteiger partial charge in [0.25, 0.3) is 5.69 Å². The third-order valence-corrected chi connectivity index (χ3v) is 3.85. The minimum atomic E-state index is -0.581. The maximum absolute atomic E-state index is 12.1. The fourth-order valence-electron chi connectivity index (χ4n) is 2.21. The van der Waals surface area contributed by atoms with E-state index in [1.54, 1.807) is 0 Å². The number of nitrogens with one attached hydrogen (secondary N) is 2. The fourth-order valence-corrected chi connectivity index (χ4v) is 2.38. The number of amides is 1. The Bertz CT molecular complexity index is 748. The van der Waals surface area contributed by atoms with E-state index in [1.807, 2.05) is 44.2 Å². The van der Waals surface area contributed by atoms with Crippen molar-refractivity contribution in [2.24, 2.45) is 0 Å². The van der Waals surface area contributed by atoms with Crippen LogP contribution in [0.3, 0.4) is 0 Å². The zero-order chi connectivity index (χ0) is 17.7. The van der Waals surface area contributed by atoms with Crippen LogP contribution >= 0.6 is 11.6 Å². The molecule has 0 saturated carbocycles. The van der Waals surface area contributed by atoms with Gasteiger partial charge in [0.2, 0.25) is 5.91 Å². The van der Waals surface area contributed by atoms with E-state index in [9.17, 15) is 14.9 Å². The Labute approximate surface area is 145 Å². The highest BCUT2D eigenvalue weighted by molar-refractivity contribution is 6.31. The molecule has 0 aliphatic carbocycles. The Morgan fingerprint density at radius 2 is 1.88 bits per heavy atom. The first-order valence-electron chi connectivity index (χ1n) is 7.34. The molecule has 2 N–H and O–H groups in total. The number of nitro groups is 1. The lowest BCUT2D eigenvalue weighted by molar-refractivity contribution is -0.383. The number of hydrogen-bond acceptors (Lipinski definition) is 4. The Balaban J connectivity index is 2.03. The van der Waals surface area contributed by atoms with Crippen LogP contribution in [0.5, 0.6) is 0 Å². The van der Waals surface area contributed by atoms with Crippen molar-refractivity contribution < 1.29 is 9.72 Å². The van der Waals surface area contributed by atoms with Gasteiger partial charge in [-0.3, -0.25) is 20.2 Å². The molecule has 126 valence electrons. The van der Waals surface area contributed by atoms with Crippen molar-refractivity contribution in [1.82, 2.24) is 5.32 Å². The molecule has 2 aromatic rings. The first-order chi connectivity index (χ1) is 11.3. The van der Waals surface area contributed by atoms with Gasteiger partial charge in [-0.2, -0.15) is 0 Å². The van der Waals surface area contributed by atoms with Gasteiger partial charge in [0.15, 0.2) is 0 Å². The number of benzene rings is 2. The van der Waals surface area contributed by atoms with Gasteiger partial charge >= 0.3 is 0 Å². The molecule has 0 heterocycles. The van der Waals surface area contributed by atoms with Gasteiger partial charge in [0.05, 0.1) is 11.5 Å². The van der Waals surface area contributed by atoms with Crippen molar-refractivity contribution in [3.63, 3.8) is 0 Å². The molecule has 0 atom stereocenters. The number of halogens is 1. The first-order valence-corrected chi connectivity index (χ1v) is 7.72. The molecule has 2 rings (SSSR count). The second-order valence-corrected chi connectivity index (χ2v) is 6.25. The molecule has 0 aliphatic heterocycles. The van der Waals surface area contributed by atoms with Crippen LogP contribution in [0.1, 0.15) is 19.4 Å². The topological polar surface area (TPSA) is 84.3 Å². The fraction of sp³-hybridized carbons (Fsp3) is 0.235. The highest BCUT2D eigenvalue weighted by Crippen LogP contribution is 2.27. The van der Waals surface area contributed by atoms with E-state index in [4.69, 9.17) is 11.6 Å². The van der Waals surface area contributed by atoms with E-state index in [2.05, 4.69) is 10.6 Å². The molecule has 24 heavy (non-hydrogen) atoms. The van der Waals surface area contributed by atoms with Gasteiger partial charge < -0.3 is 5.32 Å². The van der Waals surface area contributed by atoms with Crippen LogP contribution in [-0.4, -0.2) is 17.4 Å². The van der Waals surface area contributed by atoms with Crippen LogP contribution in [0.15, 0.2) is 48.5 Å². The standard InChI is InChI=1S/C17H18ClN3O3/c1-17(2,12-6-4-3-5-7-12)19-11-16(22)20-14-9-8-13(18)10-15(14)21(23)24/h3-10,19H,11H2,1-2H3,(H,20,22). The minimum absolute atomic E-state index is 0.0156. The van der Waals surface area contributed by atoms with Crippen LogP contribution in [0, 0.1) is 10.1 Å². The highest BCUT2D eigenvalue weighted by atomic mass is 35.5. The molecular weight excluding hydrogens is 330 g/mol. The number of nitro benzene ring substituents is 1. The largest absolute Gasteiger partial charge is 0.319 e. The summed E-state index contributed by atoms with van der Waals surface area (Å²) in [6.45, 7) is 3.93. The number of nitrogens with zero attached hydrogens (tertiary/aromatic N) is 1. The van der Waals surface area contributed by atoms with Gasteiger partial charge in [0.1, 0.15) is 5.69 Å². The molecule has 0 aliphatic rings. The van der Waals surface area contributed by atoms with E-state index in [0.29, 0.717) is 0 Å². The summed E-state index contributed by atoms with van der Waals surface area (Å²) in [5.41, 5.74) is 0.506. The molecule has 0 bridgehead atoms. The molecule has 0 saturated heterocycles. The Morgan fingerprint density at radius 1 is 1.21 bits per heavy atom. The van der Waals surface area contributed by atoms with Gasteiger partial charge in [-0.15, -0.1) is 0 Å². The van der Waals surface area contributed by atoms with Crippen LogP contribution in [0.4, 0.5) is 11.4 Å². The lowest BCUT2D eigenvalue weighted by Gasteiger charge is -2.26. The Hall–Kier alpha value is -2.44. The van der Waals surface area contributed by atoms with Crippen molar-refractivity contribution in [2.75, 3.05) is 11.9 Å². The summed E-state index contributed by atoms with van der Waals surface area (Å²) in [5.74, 6) is -0.371. The van der Waals surface area contributed by atoms with Crippen LogP contribution in [0.2, 0.25) is 5.02 Å². The molecule has 1 amide bonds. The predicted molar refractivity (Wildman–Crippen MR) is 94.2 cm³/mol. The molecule has 0 fully saturated rings.